The topological polar surface area (TPSA) is 206 Å². The van der Waals surface area contributed by atoms with Gasteiger partial charge in [-0.2, -0.15) is 0 Å². The number of ether oxygens (including phenoxy) is 3. The number of aliphatic hydroxyl groups excluding tert-OH is 1. The molecule has 5 N–H and O–H groups in total. The zero-order chi connectivity index (χ0) is 39.2. The second-order valence-corrected chi connectivity index (χ2v) is 20.7. The molecule has 7 aliphatic carbocycles. The third-order valence-electron chi connectivity index (χ3n) is 19.7. The molecule has 10 fully saturated rings. The Morgan fingerprint density at radius 2 is 1.62 bits per heavy atom. The fourth-order valence-corrected chi connectivity index (χ4v) is 18.7. The zero-order valence-corrected chi connectivity index (χ0v) is 32.1. The summed E-state index contributed by atoms with van der Waals surface area (Å²) in [7, 11) is 0. The summed E-state index contributed by atoms with van der Waals surface area (Å²) in [6.45, 7) is 12.5. The van der Waals surface area contributed by atoms with Gasteiger partial charge in [0.1, 0.15) is 16.2 Å². The zero-order valence-electron chi connectivity index (χ0n) is 32.1. The fourth-order valence-electron chi connectivity index (χ4n) is 18.7. The van der Waals surface area contributed by atoms with Crippen molar-refractivity contribution < 1.29 is 58.6 Å². The summed E-state index contributed by atoms with van der Waals surface area (Å²) < 4.78 is 19.8. The van der Waals surface area contributed by atoms with Gasteiger partial charge in [-0.1, -0.05) is 57.9 Å². The summed E-state index contributed by atoms with van der Waals surface area (Å²) in [5.41, 5.74) is -17.7. The van der Waals surface area contributed by atoms with E-state index < -0.39 is 139 Å². The number of rotatable bonds is 2. The molecule has 0 aromatic rings. The van der Waals surface area contributed by atoms with E-state index in [4.69, 9.17) is 14.2 Å². The Morgan fingerprint density at radius 1 is 0.927 bits per heavy atom. The van der Waals surface area contributed by atoms with Gasteiger partial charge in [0.05, 0.1) is 43.5 Å². The Bertz CT molecular complexity index is 2130. The van der Waals surface area contributed by atoms with E-state index in [0.29, 0.717) is 12.8 Å². The molecule has 5 saturated carbocycles. The van der Waals surface area contributed by atoms with Gasteiger partial charge in [0.25, 0.3) is 0 Å². The molecule has 20 atom stereocenters. The molecule has 5 heterocycles. The van der Waals surface area contributed by atoms with Gasteiger partial charge in [0.2, 0.25) is 11.7 Å². The van der Waals surface area contributed by atoms with E-state index in [0.717, 1.165) is 11.1 Å². The van der Waals surface area contributed by atoms with Crippen LogP contribution in [0.15, 0.2) is 23.3 Å². The van der Waals surface area contributed by atoms with Gasteiger partial charge in [0, 0.05) is 45.5 Å². The maximum atomic E-state index is 16.5. The molecular formula is C42H49NO12. The molecule has 13 nitrogen and oxygen atoms in total. The van der Waals surface area contributed by atoms with Crippen LogP contribution in [0.25, 0.3) is 0 Å². The minimum Gasteiger partial charge on any atom is -0.390 e. The number of fused-ring (bicyclic) bond motifs is 3. The number of hydrogen-bond donors (Lipinski definition) is 5. The highest BCUT2D eigenvalue weighted by Crippen LogP contribution is 3.08. The van der Waals surface area contributed by atoms with Gasteiger partial charge < -0.3 is 40.0 Å². The molecule has 0 aromatic heterocycles. The molecule has 0 radical (unpaired) electrons. The lowest BCUT2D eigenvalue weighted by Gasteiger charge is -2.80. The molecule has 5 saturated heterocycles. The number of hydrogen-bond acceptors (Lipinski definition) is 12. The fraction of sp³-hybridized carbons (Fsp3) is 0.786. The van der Waals surface area contributed by atoms with Crippen LogP contribution in [0.2, 0.25) is 0 Å². The maximum Gasteiger partial charge on any atom is 0.235 e. The Kier molecular flexibility index (Phi) is 5.44. The van der Waals surface area contributed by atoms with Crippen LogP contribution < -0.4 is 5.32 Å². The van der Waals surface area contributed by atoms with E-state index in [1.54, 1.807) is 13.8 Å². The minimum absolute atomic E-state index is 0.0859. The highest BCUT2D eigenvalue weighted by atomic mass is 16.7. The molecule has 0 aromatic carbocycles. The summed E-state index contributed by atoms with van der Waals surface area (Å²) >= 11 is 0. The van der Waals surface area contributed by atoms with Crippen LogP contribution in [0.5, 0.6) is 0 Å². The van der Waals surface area contributed by atoms with Crippen molar-refractivity contribution in [3.05, 3.63) is 23.3 Å². The summed E-state index contributed by atoms with van der Waals surface area (Å²) in [5.74, 6) is -10.4. The minimum atomic E-state index is -3.10. The van der Waals surface area contributed by atoms with Crippen LogP contribution in [0.4, 0.5) is 0 Å². The Morgan fingerprint density at radius 3 is 2.31 bits per heavy atom. The Hall–Kier alpha value is -2.65. The summed E-state index contributed by atoms with van der Waals surface area (Å²) in [4.78, 5) is 77.8. The molecule has 0 unspecified atom stereocenters. The van der Waals surface area contributed by atoms with Crippen LogP contribution in [0.1, 0.15) is 67.7 Å². The third kappa shape index (κ3) is 2.30. The number of carbonyl (C=O) groups excluding carboxylic acids is 5. The summed E-state index contributed by atoms with van der Waals surface area (Å²) in [6.07, 6.45) is -0.699. The molecule has 294 valence electrons. The van der Waals surface area contributed by atoms with Crippen molar-refractivity contribution in [2.24, 2.45) is 73.4 Å². The van der Waals surface area contributed by atoms with E-state index in [1.165, 1.54) is 0 Å². The molecule has 5 spiro atoms. The van der Waals surface area contributed by atoms with Gasteiger partial charge >= 0.3 is 0 Å². The van der Waals surface area contributed by atoms with Crippen LogP contribution in [0, 0.1) is 73.4 Å². The van der Waals surface area contributed by atoms with Crippen LogP contribution >= 0.6 is 0 Å². The van der Waals surface area contributed by atoms with Crippen molar-refractivity contribution in [1.29, 1.82) is 0 Å². The number of allylic oxidation sites excluding steroid dienone is 4. The van der Waals surface area contributed by atoms with Crippen molar-refractivity contribution in [2.45, 2.75) is 115 Å². The molecule has 1 amide bonds. The first-order valence-corrected chi connectivity index (χ1v) is 20.3. The van der Waals surface area contributed by atoms with Crippen molar-refractivity contribution in [3.8, 4) is 0 Å². The normalized spacial score (nSPS) is 65.5. The van der Waals surface area contributed by atoms with Gasteiger partial charge in [-0.05, 0) is 44.9 Å². The van der Waals surface area contributed by atoms with Gasteiger partial charge in [-0.15, -0.1) is 0 Å². The van der Waals surface area contributed by atoms with Crippen molar-refractivity contribution >= 4 is 29.0 Å². The van der Waals surface area contributed by atoms with Crippen molar-refractivity contribution in [3.63, 3.8) is 0 Å². The van der Waals surface area contributed by atoms with Crippen molar-refractivity contribution in [2.75, 3.05) is 13.2 Å². The second kappa shape index (κ2) is 8.70. The maximum absolute atomic E-state index is 16.5. The molecule has 12 rings (SSSR count). The number of aliphatic hydroxyl groups is 4. The lowest BCUT2D eigenvalue weighted by atomic mass is 9.19. The Labute approximate surface area is 317 Å². The standard InChI is InChI=1S/C42H49NO12/c1-15(2)10-20-24-18(5)17(4)12-19-11-16(3)8-9-21(44)25-22-23(26(45)37(19,24)32(49)43-20)28-39-33(6)29(46)38(50)31(48)35-13-53-14-36(33,35)34(39,7)30(47)41(35,51)42(52,55-25)40(38,39)27(22)54-28/h11-12,15,18-25,27-28,44,50-52H,8-10,13-14H2,1-7H3,(H,43,49)/b16-11+/t18-,19+,20+,21-,22-,23-,24+,25-,27-,28+,33-,34+,35+,36-,37+,38-,39-,40-,41-,42+/m1/s1. The Balaban J connectivity index is 1.19. The number of Topliss-reactive ketones (excluding diaryl/α,β-unsaturated/α-hetero) is 4. The van der Waals surface area contributed by atoms with E-state index in [-0.39, 0.29) is 30.9 Å². The van der Waals surface area contributed by atoms with Crippen LogP contribution in [-0.4, -0.2) is 110 Å². The van der Waals surface area contributed by atoms with E-state index in [2.05, 4.69) is 19.2 Å². The third-order valence-corrected chi connectivity index (χ3v) is 19.7. The quantitative estimate of drug-likeness (QED) is 0.191. The van der Waals surface area contributed by atoms with Gasteiger partial charge in [-0.25, -0.2) is 0 Å². The molecule has 12 aliphatic rings. The molecule has 5 bridgehead atoms. The number of amides is 1. The highest BCUT2D eigenvalue weighted by Gasteiger charge is 3.24. The smallest absolute Gasteiger partial charge is 0.235 e. The first-order chi connectivity index (χ1) is 25.7. The van der Waals surface area contributed by atoms with E-state index in [1.807, 2.05) is 32.9 Å². The first-order valence-electron chi connectivity index (χ1n) is 20.3. The number of nitrogens with one attached hydrogen (secondary N) is 1. The SMILES string of the molecule is CC1=C[C@@H]2/C=C(\C)CC[C@@H](O)[C@H]3O[C@]4(O)[C@@]5(O)C(=O)[C@@]6(C)[C@]78COC[C@@]57C(=O)[C@]5(O)C(=O)[C@@]8(C)[C@]67[C@H]6O[C@H]([C@@H]3[C@@H]6C(=O)[C@]23C(=O)N[C@@H](CC(C)C)[C@@H]3[C@@H]1C)[C@]547. The molecular weight excluding hydrogens is 710 g/mol. The molecule has 5 aliphatic heterocycles. The van der Waals surface area contributed by atoms with E-state index >= 15 is 24.0 Å². The van der Waals surface area contributed by atoms with Crippen LogP contribution in [-0.2, 0) is 38.2 Å². The molecule has 55 heavy (non-hydrogen) atoms. The van der Waals surface area contributed by atoms with Gasteiger partial charge in [0.15, 0.2) is 34.3 Å². The lowest BCUT2D eigenvalue weighted by Crippen LogP contribution is -2.95. The van der Waals surface area contributed by atoms with E-state index in [9.17, 15) is 20.4 Å². The van der Waals surface area contributed by atoms with Crippen LogP contribution in [0.3, 0.4) is 0 Å². The second-order valence-electron chi connectivity index (χ2n) is 20.7. The summed E-state index contributed by atoms with van der Waals surface area (Å²) in [6, 6.07) is -0.351. The largest absolute Gasteiger partial charge is 0.390 e. The first kappa shape index (κ1) is 34.4. The lowest BCUT2D eigenvalue weighted by molar-refractivity contribution is -0.468. The average Bonchev–Trinajstić information content (AvgIpc) is 3.91. The average molecular weight is 760 g/mol. The highest BCUT2D eigenvalue weighted by molar-refractivity contribution is 6.31. The monoisotopic (exact) mass is 759 g/mol. The summed E-state index contributed by atoms with van der Waals surface area (Å²) in [5, 5.41) is 55.4. The number of ketones is 4. The van der Waals surface area contributed by atoms with Crippen molar-refractivity contribution in [1.82, 2.24) is 5.32 Å². The predicted molar refractivity (Wildman–Crippen MR) is 185 cm³/mol. The van der Waals surface area contributed by atoms with Gasteiger partial charge in [-0.3, -0.25) is 24.0 Å². The predicted octanol–water partition coefficient (Wildman–Crippen LogP) is 0.343. The molecule has 13 heteroatoms. The number of carbonyl (C=O) groups is 5.